The van der Waals surface area contributed by atoms with Crippen LogP contribution in [-0.2, 0) is 5.75 Å². The number of hydrogen-bond acceptors (Lipinski definition) is 6. The van der Waals surface area contributed by atoms with Crippen molar-refractivity contribution in [1.82, 2.24) is 15.8 Å². The van der Waals surface area contributed by atoms with E-state index in [1.54, 1.807) is 25.1 Å². The molecule has 1 aromatic heterocycles. The standard InChI is InChI=1S/C10H14N4OS/c1-12-10(2-4-11)13-5-7-16-8-9-3-6-15-14-9/h2-3,6,12-13H,5,7-8H2,1H3. The van der Waals surface area contributed by atoms with Gasteiger partial charge in [-0.25, -0.2) is 0 Å². The van der Waals surface area contributed by atoms with E-state index in [0.717, 1.165) is 29.6 Å². The van der Waals surface area contributed by atoms with E-state index in [4.69, 9.17) is 9.78 Å². The van der Waals surface area contributed by atoms with Crippen molar-refractivity contribution in [3.8, 4) is 6.07 Å². The molecule has 0 amide bonds. The lowest BCUT2D eigenvalue weighted by Gasteiger charge is -2.08. The van der Waals surface area contributed by atoms with Crippen LogP contribution in [0.1, 0.15) is 5.69 Å². The molecule has 0 aliphatic carbocycles. The SMILES string of the molecule is CNC(=CC#N)NCCSCc1ccon1. The second-order valence-corrected chi connectivity index (χ2v) is 4.01. The topological polar surface area (TPSA) is 73.9 Å². The molecule has 0 radical (unpaired) electrons. The van der Waals surface area contributed by atoms with Crippen LogP contribution < -0.4 is 10.6 Å². The van der Waals surface area contributed by atoms with Crippen LogP contribution in [0.15, 0.2) is 28.7 Å². The molecule has 0 aromatic carbocycles. The maximum absolute atomic E-state index is 8.47. The molecule has 0 unspecified atom stereocenters. The highest BCUT2D eigenvalue weighted by Crippen LogP contribution is 2.08. The molecule has 0 spiro atoms. The fourth-order valence-corrected chi connectivity index (χ4v) is 1.77. The maximum atomic E-state index is 8.47. The number of allylic oxidation sites excluding steroid dienone is 1. The monoisotopic (exact) mass is 238 g/mol. The summed E-state index contributed by atoms with van der Waals surface area (Å²) in [6.45, 7) is 0.802. The zero-order valence-corrected chi connectivity index (χ0v) is 9.88. The zero-order valence-electron chi connectivity index (χ0n) is 9.06. The highest BCUT2D eigenvalue weighted by molar-refractivity contribution is 7.98. The first-order chi connectivity index (χ1) is 7.86. The fourth-order valence-electron chi connectivity index (χ4n) is 1.02. The van der Waals surface area contributed by atoms with Gasteiger partial charge >= 0.3 is 0 Å². The summed E-state index contributed by atoms with van der Waals surface area (Å²) in [6.07, 6.45) is 3.02. The molecule has 0 saturated heterocycles. The Bertz CT molecular complexity index is 355. The average Bonchev–Trinajstić information content (AvgIpc) is 2.80. The Kier molecular flexibility index (Phi) is 5.96. The first kappa shape index (κ1) is 12.5. The summed E-state index contributed by atoms with van der Waals surface area (Å²) in [6, 6.07) is 3.82. The predicted octanol–water partition coefficient (Wildman–Crippen LogP) is 1.08. The van der Waals surface area contributed by atoms with E-state index < -0.39 is 0 Å². The summed E-state index contributed by atoms with van der Waals surface area (Å²) in [5.74, 6) is 2.52. The van der Waals surface area contributed by atoms with Crippen molar-refractivity contribution in [2.45, 2.75) is 5.75 Å². The number of hydrogen-bond donors (Lipinski definition) is 2. The van der Waals surface area contributed by atoms with Crippen LogP contribution >= 0.6 is 11.8 Å². The molecule has 6 heteroatoms. The summed E-state index contributed by atoms with van der Waals surface area (Å²) in [4.78, 5) is 0. The van der Waals surface area contributed by atoms with Crippen molar-refractivity contribution >= 4 is 11.8 Å². The molecule has 1 aromatic rings. The molecule has 0 atom stereocenters. The van der Waals surface area contributed by atoms with Gasteiger partial charge in [-0.05, 0) is 0 Å². The lowest BCUT2D eigenvalue weighted by molar-refractivity contribution is 0.414. The van der Waals surface area contributed by atoms with Crippen molar-refractivity contribution in [1.29, 1.82) is 5.26 Å². The van der Waals surface area contributed by atoms with Gasteiger partial charge in [0, 0.05) is 31.2 Å². The van der Waals surface area contributed by atoms with Crippen molar-refractivity contribution in [2.24, 2.45) is 0 Å². The highest BCUT2D eigenvalue weighted by atomic mass is 32.2. The van der Waals surface area contributed by atoms with Gasteiger partial charge in [-0.2, -0.15) is 17.0 Å². The Morgan fingerprint density at radius 3 is 3.25 bits per heavy atom. The summed E-state index contributed by atoms with van der Waals surface area (Å²) >= 11 is 1.76. The molecule has 1 rings (SSSR count). The minimum absolute atomic E-state index is 0.740. The smallest absolute Gasteiger partial charge is 0.124 e. The van der Waals surface area contributed by atoms with Gasteiger partial charge in [0.15, 0.2) is 0 Å². The number of nitriles is 1. The Hall–Kier alpha value is -1.61. The van der Waals surface area contributed by atoms with Crippen molar-refractivity contribution < 1.29 is 4.52 Å². The fraction of sp³-hybridized carbons (Fsp3) is 0.400. The molecule has 16 heavy (non-hydrogen) atoms. The third kappa shape index (κ3) is 4.75. The van der Waals surface area contributed by atoms with Crippen LogP contribution in [0.25, 0.3) is 0 Å². The molecule has 0 aliphatic rings. The molecule has 2 N–H and O–H groups in total. The summed E-state index contributed by atoms with van der Waals surface area (Å²) < 4.78 is 4.72. The van der Waals surface area contributed by atoms with E-state index in [0.29, 0.717) is 0 Å². The second-order valence-electron chi connectivity index (χ2n) is 2.91. The van der Waals surface area contributed by atoms with Gasteiger partial charge in [-0.15, -0.1) is 0 Å². The molecule has 5 nitrogen and oxygen atoms in total. The molecule has 1 heterocycles. The predicted molar refractivity (Wildman–Crippen MR) is 63.4 cm³/mol. The first-order valence-corrected chi connectivity index (χ1v) is 6.00. The van der Waals surface area contributed by atoms with Crippen LogP contribution in [-0.4, -0.2) is 24.5 Å². The first-order valence-electron chi connectivity index (χ1n) is 4.85. The van der Waals surface area contributed by atoms with Crippen molar-refractivity contribution in [2.75, 3.05) is 19.3 Å². The molecule has 0 saturated carbocycles. The van der Waals surface area contributed by atoms with E-state index in [1.807, 2.05) is 12.1 Å². The lowest BCUT2D eigenvalue weighted by atomic mass is 10.5. The Morgan fingerprint density at radius 2 is 2.62 bits per heavy atom. The van der Waals surface area contributed by atoms with Gasteiger partial charge in [-0.1, -0.05) is 5.16 Å². The van der Waals surface area contributed by atoms with Gasteiger partial charge < -0.3 is 15.2 Å². The molecule has 86 valence electrons. The number of rotatable bonds is 7. The maximum Gasteiger partial charge on any atom is 0.124 e. The number of aromatic nitrogens is 1. The van der Waals surface area contributed by atoms with Crippen LogP contribution in [0.5, 0.6) is 0 Å². The van der Waals surface area contributed by atoms with Crippen LogP contribution in [0, 0.1) is 11.3 Å². The third-order valence-corrected chi connectivity index (χ3v) is 2.77. The van der Waals surface area contributed by atoms with Gasteiger partial charge in [0.1, 0.15) is 12.1 Å². The molecule has 0 aliphatic heterocycles. The lowest BCUT2D eigenvalue weighted by Crippen LogP contribution is -2.25. The van der Waals surface area contributed by atoms with Gasteiger partial charge in [0.2, 0.25) is 0 Å². The van der Waals surface area contributed by atoms with Gasteiger partial charge in [-0.3, -0.25) is 0 Å². The normalized spacial score (nSPS) is 10.9. The van der Waals surface area contributed by atoms with Crippen molar-refractivity contribution in [3.63, 3.8) is 0 Å². The minimum Gasteiger partial charge on any atom is -0.374 e. The highest BCUT2D eigenvalue weighted by Gasteiger charge is 1.97. The molecule has 0 bridgehead atoms. The number of nitrogens with zero attached hydrogens (tertiary/aromatic N) is 2. The second kappa shape index (κ2) is 7.65. The summed E-state index contributed by atoms with van der Waals surface area (Å²) in [7, 11) is 1.78. The van der Waals surface area contributed by atoms with E-state index in [9.17, 15) is 0 Å². The van der Waals surface area contributed by atoms with Crippen LogP contribution in [0.4, 0.5) is 0 Å². The minimum atomic E-state index is 0.740. The third-order valence-electron chi connectivity index (χ3n) is 1.78. The Labute approximate surface area is 98.9 Å². The quantitative estimate of drug-likeness (QED) is 0.547. The Balaban J connectivity index is 2.08. The zero-order chi connectivity index (χ0) is 11.6. The van der Waals surface area contributed by atoms with Gasteiger partial charge in [0.05, 0.1) is 17.8 Å². The largest absolute Gasteiger partial charge is 0.374 e. The van der Waals surface area contributed by atoms with Gasteiger partial charge in [0.25, 0.3) is 0 Å². The van der Waals surface area contributed by atoms with E-state index in [1.165, 1.54) is 6.08 Å². The number of nitrogens with one attached hydrogen (secondary N) is 2. The summed E-state index contributed by atoms with van der Waals surface area (Å²) in [5.41, 5.74) is 0.950. The van der Waals surface area contributed by atoms with Crippen LogP contribution in [0.2, 0.25) is 0 Å². The average molecular weight is 238 g/mol. The van der Waals surface area contributed by atoms with E-state index in [-0.39, 0.29) is 0 Å². The molecular weight excluding hydrogens is 224 g/mol. The number of thioether (sulfide) groups is 1. The van der Waals surface area contributed by atoms with E-state index >= 15 is 0 Å². The Morgan fingerprint density at radius 1 is 1.75 bits per heavy atom. The van der Waals surface area contributed by atoms with Crippen LogP contribution in [0.3, 0.4) is 0 Å². The van der Waals surface area contributed by atoms with E-state index in [2.05, 4.69) is 15.8 Å². The summed E-state index contributed by atoms with van der Waals surface area (Å²) in [5, 5.41) is 18.3. The molecular formula is C10H14N4OS. The molecule has 0 fully saturated rings. The van der Waals surface area contributed by atoms with Crippen molar-refractivity contribution in [3.05, 3.63) is 29.9 Å².